The number of halogens is 1. The Balaban J connectivity index is 1.85. The highest BCUT2D eigenvalue weighted by molar-refractivity contribution is 6.29. The number of hydrogen-bond donors (Lipinski definition) is 2. The second kappa shape index (κ2) is 4.79. The van der Waals surface area contributed by atoms with E-state index in [1.54, 1.807) is 25.3 Å². The molecule has 0 radical (unpaired) electrons. The predicted molar refractivity (Wildman–Crippen MR) is 76.8 cm³/mol. The largest absolute Gasteiger partial charge is 0.397 e. The van der Waals surface area contributed by atoms with Gasteiger partial charge in [-0.3, -0.25) is 10.1 Å². The average Bonchev–Trinajstić information content (AvgIpc) is 3.11. The minimum atomic E-state index is -0.282. The fraction of sp³-hybridized carbons (Fsp3) is 0.308. The van der Waals surface area contributed by atoms with Gasteiger partial charge in [-0.15, -0.1) is 0 Å². The summed E-state index contributed by atoms with van der Waals surface area (Å²) in [4.78, 5) is 20.4. The number of nitrogens with zero attached hydrogens (tertiary/aromatic N) is 3. The normalized spacial score (nSPS) is 14.3. The Bertz CT molecular complexity index is 657. The van der Waals surface area contributed by atoms with E-state index < -0.39 is 0 Å². The van der Waals surface area contributed by atoms with Gasteiger partial charge >= 0.3 is 0 Å². The van der Waals surface area contributed by atoms with Gasteiger partial charge in [0, 0.05) is 17.9 Å². The zero-order valence-corrected chi connectivity index (χ0v) is 11.7. The lowest BCUT2D eigenvalue weighted by Crippen LogP contribution is -2.18. The Labute approximate surface area is 121 Å². The van der Waals surface area contributed by atoms with Crippen LogP contribution in [0.5, 0.6) is 0 Å². The first-order valence-corrected chi connectivity index (χ1v) is 6.70. The molecule has 0 saturated heterocycles. The number of nitrogens with two attached hydrogens (primary N) is 1. The molecule has 0 spiro atoms. The Morgan fingerprint density at radius 2 is 2.20 bits per heavy atom. The number of aromatic nitrogens is 3. The van der Waals surface area contributed by atoms with Crippen LogP contribution in [0.4, 0.5) is 11.6 Å². The average molecular weight is 292 g/mol. The predicted octanol–water partition coefficient (Wildman–Crippen LogP) is 2.41. The van der Waals surface area contributed by atoms with Crippen molar-refractivity contribution in [3.8, 4) is 0 Å². The molecule has 3 rings (SSSR count). The molecule has 1 aliphatic carbocycles. The third-order valence-corrected chi connectivity index (χ3v) is 3.28. The first-order valence-electron chi connectivity index (χ1n) is 6.33. The summed E-state index contributed by atoms with van der Waals surface area (Å²) in [6.45, 7) is 1.79. The van der Waals surface area contributed by atoms with Crippen molar-refractivity contribution < 1.29 is 4.79 Å². The molecule has 3 N–H and O–H groups in total. The van der Waals surface area contributed by atoms with Gasteiger partial charge in [0.1, 0.15) is 10.8 Å². The molecule has 0 aromatic carbocycles. The van der Waals surface area contributed by atoms with Gasteiger partial charge in [-0.1, -0.05) is 11.6 Å². The van der Waals surface area contributed by atoms with Gasteiger partial charge in [0.2, 0.25) is 5.95 Å². The van der Waals surface area contributed by atoms with E-state index in [1.165, 1.54) is 0 Å². The molecule has 0 bridgehead atoms. The maximum absolute atomic E-state index is 12.3. The Hall–Kier alpha value is -2.08. The molecule has 7 heteroatoms. The lowest BCUT2D eigenvalue weighted by Gasteiger charge is -2.08. The molecule has 1 fully saturated rings. The molecule has 2 aromatic rings. The maximum atomic E-state index is 12.3. The van der Waals surface area contributed by atoms with Crippen LogP contribution < -0.4 is 11.1 Å². The van der Waals surface area contributed by atoms with Gasteiger partial charge in [0.25, 0.3) is 5.91 Å². The molecule has 2 aromatic heterocycles. The van der Waals surface area contributed by atoms with E-state index in [1.807, 2.05) is 4.57 Å². The number of amides is 1. The van der Waals surface area contributed by atoms with Gasteiger partial charge in [0.15, 0.2) is 0 Å². The minimum Gasteiger partial charge on any atom is -0.397 e. The first kappa shape index (κ1) is 12.9. The first-order chi connectivity index (χ1) is 9.52. The standard InChI is InChI=1S/C13H14ClN5O/c1-7-4-11(14)17-13(16-7)18-12(20)10-5-8(15)6-19(10)9-2-3-9/h4-6,9H,2-3,15H2,1H3,(H,16,17,18,20). The van der Waals surface area contributed by atoms with Gasteiger partial charge in [0.05, 0.1) is 5.69 Å². The highest BCUT2D eigenvalue weighted by Crippen LogP contribution is 2.37. The number of hydrogen-bond acceptors (Lipinski definition) is 4. The van der Waals surface area contributed by atoms with E-state index in [0.717, 1.165) is 12.8 Å². The summed E-state index contributed by atoms with van der Waals surface area (Å²) in [5, 5.41) is 2.95. The van der Waals surface area contributed by atoms with Crippen LogP contribution in [-0.4, -0.2) is 20.4 Å². The number of carbonyl (C=O) groups is 1. The van der Waals surface area contributed by atoms with Crippen LogP contribution in [0, 0.1) is 6.92 Å². The van der Waals surface area contributed by atoms with E-state index in [0.29, 0.717) is 28.3 Å². The van der Waals surface area contributed by atoms with E-state index in [-0.39, 0.29) is 11.9 Å². The van der Waals surface area contributed by atoms with Crippen LogP contribution >= 0.6 is 11.6 Å². The molecule has 0 atom stereocenters. The van der Waals surface area contributed by atoms with E-state index in [9.17, 15) is 4.79 Å². The molecule has 1 saturated carbocycles. The smallest absolute Gasteiger partial charge is 0.274 e. The van der Waals surface area contributed by atoms with Crippen molar-refractivity contribution in [2.24, 2.45) is 0 Å². The number of rotatable bonds is 3. The van der Waals surface area contributed by atoms with Crippen LogP contribution in [-0.2, 0) is 0 Å². The van der Waals surface area contributed by atoms with E-state index in [4.69, 9.17) is 17.3 Å². The zero-order valence-electron chi connectivity index (χ0n) is 10.9. The van der Waals surface area contributed by atoms with Crippen molar-refractivity contribution in [3.63, 3.8) is 0 Å². The minimum absolute atomic E-state index is 0.196. The molecule has 1 aliphatic rings. The number of anilines is 2. The number of carbonyl (C=O) groups excluding carboxylic acids is 1. The van der Waals surface area contributed by atoms with Gasteiger partial charge in [-0.2, -0.15) is 0 Å². The third-order valence-electron chi connectivity index (χ3n) is 3.09. The van der Waals surface area contributed by atoms with Crippen LogP contribution in [0.25, 0.3) is 0 Å². The lowest BCUT2D eigenvalue weighted by molar-refractivity contribution is 0.101. The van der Waals surface area contributed by atoms with Crippen molar-refractivity contribution in [1.82, 2.24) is 14.5 Å². The highest BCUT2D eigenvalue weighted by atomic mass is 35.5. The van der Waals surface area contributed by atoms with E-state index >= 15 is 0 Å². The van der Waals surface area contributed by atoms with Crippen molar-refractivity contribution in [2.75, 3.05) is 11.1 Å². The van der Waals surface area contributed by atoms with E-state index in [2.05, 4.69) is 15.3 Å². The summed E-state index contributed by atoms with van der Waals surface area (Å²) in [7, 11) is 0. The number of nitrogens with one attached hydrogen (secondary N) is 1. The van der Waals surface area contributed by atoms with Crippen LogP contribution in [0.3, 0.4) is 0 Å². The SMILES string of the molecule is Cc1cc(Cl)nc(NC(=O)c2cc(N)cn2C2CC2)n1. The second-order valence-electron chi connectivity index (χ2n) is 4.91. The topological polar surface area (TPSA) is 85.8 Å². The molecule has 0 unspecified atom stereocenters. The van der Waals surface area contributed by atoms with Crippen LogP contribution in [0.2, 0.25) is 5.15 Å². The Morgan fingerprint density at radius 3 is 2.85 bits per heavy atom. The fourth-order valence-electron chi connectivity index (χ4n) is 2.09. The van der Waals surface area contributed by atoms with Gasteiger partial charge < -0.3 is 10.3 Å². The molecule has 1 amide bonds. The Morgan fingerprint density at radius 1 is 1.45 bits per heavy atom. The molecule has 0 aliphatic heterocycles. The summed E-state index contributed by atoms with van der Waals surface area (Å²) < 4.78 is 1.90. The summed E-state index contributed by atoms with van der Waals surface area (Å²) in [5.74, 6) is -0.0858. The highest BCUT2D eigenvalue weighted by Gasteiger charge is 2.28. The molecule has 104 valence electrons. The summed E-state index contributed by atoms with van der Waals surface area (Å²) in [5.41, 5.74) is 7.56. The molecule has 6 nitrogen and oxygen atoms in total. The van der Waals surface area contributed by atoms with Crippen molar-refractivity contribution in [2.45, 2.75) is 25.8 Å². The molecular formula is C13H14ClN5O. The zero-order chi connectivity index (χ0) is 14.3. The van der Waals surface area contributed by atoms with Crippen molar-refractivity contribution in [3.05, 3.63) is 34.9 Å². The van der Waals surface area contributed by atoms with Gasteiger partial charge in [-0.25, -0.2) is 9.97 Å². The van der Waals surface area contributed by atoms with Crippen LogP contribution in [0.15, 0.2) is 18.3 Å². The summed E-state index contributed by atoms with van der Waals surface area (Å²) in [6.07, 6.45) is 3.93. The monoisotopic (exact) mass is 291 g/mol. The lowest BCUT2D eigenvalue weighted by atomic mass is 10.4. The number of nitrogen functional groups attached to an aromatic ring is 1. The Kier molecular flexibility index (Phi) is 3.10. The quantitative estimate of drug-likeness (QED) is 0.850. The van der Waals surface area contributed by atoms with Crippen molar-refractivity contribution >= 4 is 29.1 Å². The molecule has 2 heterocycles. The van der Waals surface area contributed by atoms with Crippen molar-refractivity contribution in [1.29, 1.82) is 0 Å². The third kappa shape index (κ3) is 2.60. The number of aryl methyl sites for hydroxylation is 1. The molecular weight excluding hydrogens is 278 g/mol. The maximum Gasteiger partial charge on any atom is 0.274 e. The summed E-state index contributed by atoms with van der Waals surface area (Å²) in [6, 6.07) is 3.66. The summed E-state index contributed by atoms with van der Waals surface area (Å²) >= 11 is 5.85. The second-order valence-corrected chi connectivity index (χ2v) is 5.29. The molecule has 20 heavy (non-hydrogen) atoms. The van der Waals surface area contributed by atoms with Crippen LogP contribution in [0.1, 0.15) is 35.1 Å². The van der Waals surface area contributed by atoms with Gasteiger partial charge in [-0.05, 0) is 31.9 Å². The fourth-order valence-corrected chi connectivity index (χ4v) is 2.33.